The molecule has 0 spiro atoms. The van der Waals surface area contributed by atoms with Crippen LogP contribution in [-0.2, 0) is 24.3 Å². The first kappa shape index (κ1) is 21.9. The molecule has 160 valence electrons. The number of likely N-dealkylation sites (tertiary alicyclic amines) is 1. The molecule has 1 unspecified atom stereocenters. The van der Waals surface area contributed by atoms with Gasteiger partial charge in [-0.05, 0) is 49.8 Å². The summed E-state index contributed by atoms with van der Waals surface area (Å²) >= 11 is 0. The smallest absolute Gasteiger partial charge is 0.222 e. The van der Waals surface area contributed by atoms with Crippen LogP contribution >= 0.6 is 0 Å². The molecule has 2 N–H and O–H groups in total. The Hall–Kier alpha value is -2.82. The Labute approximate surface area is 180 Å². The summed E-state index contributed by atoms with van der Waals surface area (Å²) in [7, 11) is 0. The number of amides is 1. The molecule has 0 bridgehead atoms. The molecule has 1 atom stereocenters. The van der Waals surface area contributed by atoms with Crippen molar-refractivity contribution in [2.45, 2.75) is 58.7 Å². The zero-order valence-corrected chi connectivity index (χ0v) is 18.2. The highest BCUT2D eigenvalue weighted by molar-refractivity contribution is 5.80. The van der Waals surface area contributed by atoms with Crippen molar-refractivity contribution >= 4 is 11.9 Å². The number of carbonyl (C=O) groups is 1. The summed E-state index contributed by atoms with van der Waals surface area (Å²) in [5.74, 6) is 1.10. The van der Waals surface area contributed by atoms with Gasteiger partial charge in [0.15, 0.2) is 5.96 Å². The Balaban J connectivity index is 1.59. The van der Waals surface area contributed by atoms with Crippen LogP contribution < -0.4 is 10.6 Å². The van der Waals surface area contributed by atoms with Gasteiger partial charge in [-0.15, -0.1) is 0 Å². The van der Waals surface area contributed by atoms with E-state index in [2.05, 4.69) is 66.9 Å². The van der Waals surface area contributed by atoms with Gasteiger partial charge in [-0.2, -0.15) is 0 Å². The minimum atomic E-state index is 0.260. The molecule has 1 aliphatic heterocycles. The van der Waals surface area contributed by atoms with E-state index in [4.69, 9.17) is 4.99 Å². The van der Waals surface area contributed by atoms with Crippen molar-refractivity contribution in [3.8, 4) is 0 Å². The van der Waals surface area contributed by atoms with E-state index >= 15 is 0 Å². The lowest BCUT2D eigenvalue weighted by Crippen LogP contribution is -2.42. The molecule has 0 aliphatic carbocycles. The van der Waals surface area contributed by atoms with Crippen LogP contribution in [0.1, 0.15) is 49.8 Å². The summed E-state index contributed by atoms with van der Waals surface area (Å²) in [4.78, 5) is 18.8. The number of hydrogen-bond donors (Lipinski definition) is 2. The average Bonchev–Trinajstić information content (AvgIpc) is 3.17. The third kappa shape index (κ3) is 6.61. The fraction of sp³-hybridized carbons (Fsp3) is 0.440. The van der Waals surface area contributed by atoms with Crippen molar-refractivity contribution in [2.24, 2.45) is 4.99 Å². The van der Waals surface area contributed by atoms with Crippen LogP contribution in [-0.4, -0.2) is 35.9 Å². The van der Waals surface area contributed by atoms with Crippen molar-refractivity contribution in [1.29, 1.82) is 0 Å². The minimum absolute atomic E-state index is 0.260. The normalized spacial score (nSPS) is 15.3. The van der Waals surface area contributed by atoms with Crippen molar-refractivity contribution < 1.29 is 4.79 Å². The Morgan fingerprint density at radius 1 is 1.10 bits per heavy atom. The zero-order valence-electron chi connectivity index (χ0n) is 18.2. The summed E-state index contributed by atoms with van der Waals surface area (Å²) < 4.78 is 0. The Kier molecular flexibility index (Phi) is 8.30. The van der Waals surface area contributed by atoms with Crippen molar-refractivity contribution in [3.05, 3.63) is 71.3 Å². The summed E-state index contributed by atoms with van der Waals surface area (Å²) in [6, 6.07) is 19.2. The van der Waals surface area contributed by atoms with Crippen LogP contribution in [0.2, 0.25) is 0 Å². The van der Waals surface area contributed by atoms with Gasteiger partial charge < -0.3 is 15.5 Å². The molecule has 2 aromatic carbocycles. The lowest BCUT2D eigenvalue weighted by Gasteiger charge is -2.19. The Bertz CT molecular complexity index is 834. The molecular weight excluding hydrogens is 372 g/mol. The van der Waals surface area contributed by atoms with Crippen molar-refractivity contribution in [3.63, 3.8) is 0 Å². The molecule has 3 rings (SSSR count). The maximum Gasteiger partial charge on any atom is 0.222 e. The van der Waals surface area contributed by atoms with E-state index in [0.29, 0.717) is 25.6 Å². The fourth-order valence-corrected chi connectivity index (χ4v) is 3.76. The third-order valence-corrected chi connectivity index (χ3v) is 5.49. The first-order valence-electron chi connectivity index (χ1n) is 11.1. The molecule has 2 aromatic rings. The van der Waals surface area contributed by atoms with Gasteiger partial charge in [-0.1, -0.05) is 54.6 Å². The molecule has 5 nitrogen and oxygen atoms in total. The van der Waals surface area contributed by atoms with E-state index in [1.165, 1.54) is 16.7 Å². The van der Waals surface area contributed by atoms with Crippen molar-refractivity contribution in [2.75, 3.05) is 13.1 Å². The predicted octanol–water partition coefficient (Wildman–Crippen LogP) is 3.89. The van der Waals surface area contributed by atoms with Gasteiger partial charge in [0.25, 0.3) is 0 Å². The molecule has 30 heavy (non-hydrogen) atoms. The van der Waals surface area contributed by atoms with Gasteiger partial charge in [0, 0.05) is 32.1 Å². The van der Waals surface area contributed by atoms with Crippen LogP contribution in [0.25, 0.3) is 0 Å². The first-order valence-corrected chi connectivity index (χ1v) is 11.1. The van der Waals surface area contributed by atoms with Crippen LogP contribution in [0.15, 0.2) is 59.6 Å². The second kappa shape index (κ2) is 11.4. The van der Waals surface area contributed by atoms with E-state index in [9.17, 15) is 4.79 Å². The predicted molar refractivity (Wildman–Crippen MR) is 123 cm³/mol. The summed E-state index contributed by atoms with van der Waals surface area (Å²) in [5, 5.41) is 6.89. The van der Waals surface area contributed by atoms with E-state index in [1.54, 1.807) is 0 Å². The lowest BCUT2D eigenvalue weighted by atomic mass is 10.1. The molecule has 0 saturated carbocycles. The van der Waals surface area contributed by atoms with Gasteiger partial charge in [0.2, 0.25) is 5.91 Å². The number of aryl methyl sites for hydroxylation is 1. The number of rotatable bonds is 9. The van der Waals surface area contributed by atoms with Crippen LogP contribution in [0, 0.1) is 0 Å². The van der Waals surface area contributed by atoms with Gasteiger partial charge in [0.05, 0.1) is 6.54 Å². The number of hydrogen-bond acceptors (Lipinski definition) is 2. The number of aliphatic imine (C=N–C) groups is 1. The maximum absolute atomic E-state index is 12.0. The Morgan fingerprint density at radius 3 is 2.53 bits per heavy atom. The molecule has 1 saturated heterocycles. The van der Waals surface area contributed by atoms with Gasteiger partial charge >= 0.3 is 0 Å². The highest BCUT2D eigenvalue weighted by Crippen LogP contribution is 2.18. The molecule has 0 radical (unpaired) electrons. The second-order valence-corrected chi connectivity index (χ2v) is 7.95. The lowest BCUT2D eigenvalue weighted by molar-refractivity contribution is -0.128. The van der Waals surface area contributed by atoms with Crippen LogP contribution in [0.3, 0.4) is 0 Å². The molecular formula is C25H34N4O. The van der Waals surface area contributed by atoms with E-state index in [0.717, 1.165) is 38.3 Å². The van der Waals surface area contributed by atoms with Gasteiger partial charge in [-0.3, -0.25) is 4.79 Å². The highest BCUT2D eigenvalue weighted by Gasteiger charge is 2.20. The average molecular weight is 407 g/mol. The molecule has 0 aromatic heterocycles. The molecule has 1 heterocycles. The summed E-state index contributed by atoms with van der Waals surface area (Å²) in [5.41, 5.74) is 3.72. The largest absolute Gasteiger partial charge is 0.357 e. The fourth-order valence-electron chi connectivity index (χ4n) is 3.76. The number of benzene rings is 2. The SMILES string of the molecule is CCNC(=NCc1ccccc1CN1CCCC1=O)NC(C)CCc1ccccc1. The zero-order chi connectivity index (χ0) is 21.2. The van der Waals surface area contributed by atoms with Crippen molar-refractivity contribution in [1.82, 2.24) is 15.5 Å². The second-order valence-electron chi connectivity index (χ2n) is 7.95. The monoisotopic (exact) mass is 406 g/mol. The highest BCUT2D eigenvalue weighted by atomic mass is 16.2. The van der Waals surface area contributed by atoms with E-state index in [-0.39, 0.29) is 5.91 Å². The Morgan fingerprint density at radius 2 is 1.83 bits per heavy atom. The number of guanidine groups is 1. The minimum Gasteiger partial charge on any atom is -0.357 e. The van der Waals surface area contributed by atoms with Gasteiger partial charge in [-0.25, -0.2) is 4.99 Å². The molecule has 1 aliphatic rings. The molecule has 1 fully saturated rings. The standard InChI is InChI=1S/C25H34N4O/c1-3-26-25(28-20(2)15-16-21-10-5-4-6-11-21)27-18-22-12-7-8-13-23(22)19-29-17-9-14-24(29)30/h4-8,10-13,20H,3,9,14-19H2,1-2H3,(H2,26,27,28). The summed E-state index contributed by atoms with van der Waals surface area (Å²) in [6.07, 6.45) is 3.73. The van der Waals surface area contributed by atoms with E-state index in [1.807, 2.05) is 17.0 Å². The van der Waals surface area contributed by atoms with Crippen LogP contribution in [0.5, 0.6) is 0 Å². The third-order valence-electron chi connectivity index (χ3n) is 5.49. The van der Waals surface area contributed by atoms with E-state index < -0.39 is 0 Å². The molecule has 1 amide bonds. The maximum atomic E-state index is 12.0. The number of carbonyl (C=O) groups excluding carboxylic acids is 1. The number of nitrogens with zero attached hydrogens (tertiary/aromatic N) is 2. The number of nitrogens with one attached hydrogen (secondary N) is 2. The first-order chi connectivity index (χ1) is 14.7. The molecule has 5 heteroatoms. The van der Waals surface area contributed by atoms with Gasteiger partial charge in [0.1, 0.15) is 0 Å². The van der Waals surface area contributed by atoms with Crippen LogP contribution in [0.4, 0.5) is 0 Å². The topological polar surface area (TPSA) is 56.7 Å². The quantitative estimate of drug-likeness (QED) is 0.491. The summed E-state index contributed by atoms with van der Waals surface area (Å²) in [6.45, 7) is 7.24.